The van der Waals surface area contributed by atoms with E-state index in [2.05, 4.69) is 17.9 Å². The average Bonchev–Trinajstić information content (AvgIpc) is 2.69. The van der Waals surface area contributed by atoms with Gasteiger partial charge in [-0.15, -0.1) is 0 Å². The fourth-order valence-electron chi connectivity index (χ4n) is 0.820. The summed E-state index contributed by atoms with van der Waals surface area (Å²) in [6.07, 6.45) is 2.17. The Labute approximate surface area is 77.9 Å². The van der Waals surface area contributed by atoms with Crippen LogP contribution in [-0.2, 0) is 9.53 Å². The molecule has 0 amide bonds. The third-order valence-corrected chi connectivity index (χ3v) is 1.61. The van der Waals surface area contributed by atoms with Gasteiger partial charge in [0.2, 0.25) is 0 Å². The zero-order chi connectivity index (χ0) is 9.56. The number of rotatable bonds is 2. The molecule has 0 aromatic rings. The van der Waals surface area contributed by atoms with Gasteiger partial charge in [-0.1, -0.05) is 31.7 Å². The fraction of sp³-hybridized carbons (Fsp3) is 0.444. The van der Waals surface area contributed by atoms with Crippen molar-refractivity contribution in [2.45, 2.75) is 13.3 Å². The molecular formula is C9H13ClO2. The Morgan fingerprint density at radius 1 is 1.67 bits per heavy atom. The molecule has 0 saturated heterocycles. The van der Waals surface area contributed by atoms with Crippen LogP contribution in [0, 0.1) is 11.8 Å². The minimum Gasteiger partial charge on any atom is -0.435 e. The molecule has 1 fully saturated rings. The van der Waals surface area contributed by atoms with Crippen LogP contribution in [-0.4, -0.2) is 5.97 Å². The van der Waals surface area contributed by atoms with Gasteiger partial charge < -0.3 is 4.74 Å². The second-order valence-electron chi connectivity index (χ2n) is 2.58. The van der Waals surface area contributed by atoms with Crippen molar-refractivity contribution in [3.8, 4) is 0 Å². The maximum absolute atomic E-state index is 10.7. The van der Waals surface area contributed by atoms with Gasteiger partial charge in [0, 0.05) is 0 Å². The van der Waals surface area contributed by atoms with Crippen LogP contribution in [0.3, 0.4) is 0 Å². The monoisotopic (exact) mass is 188 g/mol. The predicted octanol–water partition coefficient (Wildman–Crippen LogP) is 2.70. The van der Waals surface area contributed by atoms with Crippen molar-refractivity contribution in [2.24, 2.45) is 11.8 Å². The lowest BCUT2D eigenvalue weighted by Crippen LogP contribution is -2.02. The summed E-state index contributed by atoms with van der Waals surface area (Å²) in [4.78, 5) is 10.7. The number of carbonyl (C=O) groups is 1. The van der Waals surface area contributed by atoms with Crippen LogP contribution in [0.5, 0.6) is 0 Å². The first kappa shape index (κ1) is 11.2. The summed E-state index contributed by atoms with van der Waals surface area (Å²) in [6, 6.07) is 0. The highest BCUT2D eigenvalue weighted by atomic mass is 35.5. The molecule has 2 atom stereocenters. The molecule has 2 nitrogen and oxygen atoms in total. The molecule has 12 heavy (non-hydrogen) atoms. The average molecular weight is 189 g/mol. The van der Waals surface area contributed by atoms with E-state index in [9.17, 15) is 4.79 Å². The van der Waals surface area contributed by atoms with E-state index in [1.807, 2.05) is 6.92 Å². The van der Waals surface area contributed by atoms with E-state index < -0.39 is 0 Å². The van der Waals surface area contributed by atoms with Crippen molar-refractivity contribution >= 4 is 17.6 Å². The quantitative estimate of drug-likeness (QED) is 0.492. The first-order chi connectivity index (χ1) is 5.67. The van der Waals surface area contributed by atoms with Gasteiger partial charge in [-0.2, -0.15) is 0 Å². The smallest absolute Gasteiger partial charge is 0.313 e. The van der Waals surface area contributed by atoms with Crippen molar-refractivity contribution in [3.05, 3.63) is 25.0 Å². The zero-order valence-electron chi connectivity index (χ0n) is 7.13. The summed E-state index contributed by atoms with van der Waals surface area (Å²) < 4.78 is 4.56. The maximum atomic E-state index is 10.7. The molecule has 0 aromatic heterocycles. The number of esters is 1. The van der Waals surface area contributed by atoms with E-state index in [0.29, 0.717) is 5.92 Å². The van der Waals surface area contributed by atoms with Gasteiger partial charge in [-0.3, -0.25) is 4.79 Å². The summed E-state index contributed by atoms with van der Waals surface area (Å²) in [7, 11) is 0. The van der Waals surface area contributed by atoms with Crippen LogP contribution in [0.15, 0.2) is 25.0 Å². The highest BCUT2D eigenvalue weighted by Gasteiger charge is 2.40. The zero-order valence-corrected chi connectivity index (χ0v) is 7.88. The summed E-state index contributed by atoms with van der Waals surface area (Å²) in [5.41, 5.74) is 1.22. The van der Waals surface area contributed by atoms with Crippen LogP contribution in [0.4, 0.5) is 0 Å². The third kappa shape index (κ3) is 4.19. The van der Waals surface area contributed by atoms with Crippen LogP contribution >= 0.6 is 11.6 Å². The molecular weight excluding hydrogens is 176 g/mol. The molecule has 0 heterocycles. The molecule has 0 spiro atoms. The van der Waals surface area contributed by atoms with Gasteiger partial charge in [0.15, 0.2) is 0 Å². The SMILES string of the molecule is C=CCl.C=COC(=O)C1CC1C. The number of carbonyl (C=O) groups excluding carboxylic acids is 1. The lowest BCUT2D eigenvalue weighted by Gasteiger charge is -1.92. The summed E-state index contributed by atoms with van der Waals surface area (Å²) >= 11 is 4.76. The van der Waals surface area contributed by atoms with Gasteiger partial charge in [-0.05, 0) is 17.9 Å². The van der Waals surface area contributed by atoms with E-state index in [1.165, 1.54) is 11.8 Å². The van der Waals surface area contributed by atoms with E-state index >= 15 is 0 Å². The van der Waals surface area contributed by atoms with Gasteiger partial charge in [0.25, 0.3) is 0 Å². The van der Waals surface area contributed by atoms with E-state index in [-0.39, 0.29) is 11.9 Å². The van der Waals surface area contributed by atoms with Crippen LogP contribution < -0.4 is 0 Å². The Morgan fingerprint density at radius 3 is 2.33 bits per heavy atom. The maximum Gasteiger partial charge on any atom is 0.313 e. The summed E-state index contributed by atoms with van der Waals surface area (Å²) in [5, 5.41) is 0. The third-order valence-electron chi connectivity index (χ3n) is 1.61. The van der Waals surface area contributed by atoms with E-state index in [1.54, 1.807) is 0 Å². The van der Waals surface area contributed by atoms with Gasteiger partial charge in [-0.25, -0.2) is 0 Å². The Balaban J connectivity index is 0.000000354. The van der Waals surface area contributed by atoms with Crippen molar-refractivity contribution in [2.75, 3.05) is 0 Å². The molecule has 0 aliphatic heterocycles. The normalized spacial score (nSPS) is 24.5. The standard InChI is InChI=1S/C7H10O2.C2H3Cl/c1-3-9-7(8)6-4-5(6)2;1-2-3/h3,5-6H,1,4H2,2H3;2H,1H2. The summed E-state index contributed by atoms with van der Waals surface area (Å²) in [5.74, 6) is 0.554. The minimum atomic E-state index is -0.127. The molecule has 0 aromatic carbocycles. The molecule has 1 aliphatic carbocycles. The molecule has 2 unspecified atom stereocenters. The minimum absolute atomic E-state index is 0.127. The first-order valence-electron chi connectivity index (χ1n) is 3.69. The molecule has 3 heteroatoms. The Kier molecular flexibility index (Phi) is 5.47. The molecule has 1 saturated carbocycles. The van der Waals surface area contributed by atoms with E-state index in [4.69, 9.17) is 11.6 Å². The van der Waals surface area contributed by atoms with Crippen LogP contribution in [0.25, 0.3) is 0 Å². The second-order valence-corrected chi connectivity index (χ2v) is 2.89. The molecule has 1 rings (SSSR count). The Bertz CT molecular complexity index is 177. The van der Waals surface area contributed by atoms with Crippen molar-refractivity contribution in [1.82, 2.24) is 0 Å². The topological polar surface area (TPSA) is 26.3 Å². The second kappa shape index (κ2) is 5.84. The van der Waals surface area contributed by atoms with Crippen LogP contribution in [0.2, 0.25) is 0 Å². The molecule has 1 aliphatic rings. The summed E-state index contributed by atoms with van der Waals surface area (Å²) in [6.45, 7) is 8.46. The van der Waals surface area contributed by atoms with Crippen LogP contribution in [0.1, 0.15) is 13.3 Å². The number of hydrogen-bond donors (Lipinski definition) is 0. The molecule has 0 bridgehead atoms. The molecule has 0 N–H and O–H groups in total. The fourth-order valence-corrected chi connectivity index (χ4v) is 0.820. The first-order valence-corrected chi connectivity index (χ1v) is 4.13. The Hall–Kier alpha value is -0.760. The van der Waals surface area contributed by atoms with Gasteiger partial charge in [0.1, 0.15) is 0 Å². The van der Waals surface area contributed by atoms with Gasteiger partial charge in [0.05, 0.1) is 12.2 Å². The lowest BCUT2D eigenvalue weighted by atomic mass is 10.3. The Morgan fingerprint density at radius 2 is 2.08 bits per heavy atom. The highest BCUT2D eigenvalue weighted by molar-refractivity contribution is 6.25. The largest absolute Gasteiger partial charge is 0.435 e. The molecule has 68 valence electrons. The molecule has 0 radical (unpaired) electrons. The number of ether oxygens (including phenoxy) is 1. The number of halogens is 1. The van der Waals surface area contributed by atoms with Crippen molar-refractivity contribution in [1.29, 1.82) is 0 Å². The van der Waals surface area contributed by atoms with Crippen molar-refractivity contribution in [3.63, 3.8) is 0 Å². The lowest BCUT2D eigenvalue weighted by molar-refractivity contribution is -0.139. The highest BCUT2D eigenvalue weighted by Crippen LogP contribution is 2.38. The number of hydrogen-bond acceptors (Lipinski definition) is 2. The van der Waals surface area contributed by atoms with Crippen molar-refractivity contribution < 1.29 is 9.53 Å². The van der Waals surface area contributed by atoms with E-state index in [0.717, 1.165) is 6.42 Å². The predicted molar refractivity (Wildman–Crippen MR) is 49.6 cm³/mol. The van der Waals surface area contributed by atoms with Gasteiger partial charge >= 0.3 is 5.97 Å².